The molecule has 0 amide bonds. The molecule has 0 bridgehead atoms. The average molecular weight is 297 g/mol. The summed E-state index contributed by atoms with van der Waals surface area (Å²) in [5.41, 5.74) is 0. The second-order valence-electron chi connectivity index (χ2n) is 4.85. The van der Waals surface area contributed by atoms with Crippen LogP contribution in [0.1, 0.15) is 24.6 Å². The van der Waals surface area contributed by atoms with E-state index in [-0.39, 0.29) is 18.3 Å². The van der Waals surface area contributed by atoms with E-state index in [9.17, 15) is 17.6 Å². The SMILES string of the molecule is CC1CNCC1c1nc(COCC(F)(F)C(F)F)no1. The van der Waals surface area contributed by atoms with Gasteiger partial charge in [-0.1, -0.05) is 12.1 Å². The maximum Gasteiger partial charge on any atom is 0.330 e. The van der Waals surface area contributed by atoms with Gasteiger partial charge in [0.25, 0.3) is 0 Å². The third kappa shape index (κ3) is 3.45. The van der Waals surface area contributed by atoms with Gasteiger partial charge in [-0.25, -0.2) is 8.78 Å². The largest absolute Gasteiger partial charge is 0.367 e. The van der Waals surface area contributed by atoms with Gasteiger partial charge in [0, 0.05) is 6.54 Å². The van der Waals surface area contributed by atoms with E-state index < -0.39 is 19.0 Å². The van der Waals surface area contributed by atoms with Crippen molar-refractivity contribution in [3.63, 3.8) is 0 Å². The smallest absolute Gasteiger partial charge is 0.330 e. The van der Waals surface area contributed by atoms with Crippen LogP contribution in [-0.4, -0.2) is 42.2 Å². The molecule has 0 radical (unpaired) electrons. The van der Waals surface area contributed by atoms with Crippen LogP contribution in [0.5, 0.6) is 0 Å². The lowest BCUT2D eigenvalue weighted by Gasteiger charge is -2.14. The number of nitrogens with zero attached hydrogens (tertiary/aromatic N) is 2. The Morgan fingerprint density at radius 3 is 2.80 bits per heavy atom. The molecule has 1 aliphatic rings. The zero-order valence-corrected chi connectivity index (χ0v) is 10.8. The van der Waals surface area contributed by atoms with Crippen LogP contribution in [0.25, 0.3) is 0 Å². The first-order valence-electron chi connectivity index (χ1n) is 6.17. The van der Waals surface area contributed by atoms with Crippen LogP contribution >= 0.6 is 0 Å². The molecule has 1 aliphatic heterocycles. The normalized spacial score (nSPS) is 23.7. The predicted molar refractivity (Wildman–Crippen MR) is 59.7 cm³/mol. The summed E-state index contributed by atoms with van der Waals surface area (Å²) in [6.07, 6.45) is -3.76. The van der Waals surface area contributed by atoms with Crippen LogP contribution in [0.2, 0.25) is 0 Å². The van der Waals surface area contributed by atoms with E-state index in [1.165, 1.54) is 0 Å². The lowest BCUT2D eigenvalue weighted by atomic mass is 9.98. The lowest BCUT2D eigenvalue weighted by molar-refractivity contribution is -0.168. The van der Waals surface area contributed by atoms with Gasteiger partial charge in [0.2, 0.25) is 5.89 Å². The Kier molecular flexibility index (Phi) is 4.59. The highest BCUT2D eigenvalue weighted by atomic mass is 19.3. The molecular weight excluding hydrogens is 282 g/mol. The Bertz CT molecular complexity index is 441. The van der Waals surface area contributed by atoms with Crippen molar-refractivity contribution in [3.8, 4) is 0 Å². The molecule has 0 spiro atoms. The van der Waals surface area contributed by atoms with Gasteiger partial charge in [-0.3, -0.25) is 0 Å². The summed E-state index contributed by atoms with van der Waals surface area (Å²) in [6, 6.07) is 0. The number of ether oxygens (including phenoxy) is 1. The third-order valence-corrected chi connectivity index (χ3v) is 3.16. The molecule has 9 heteroatoms. The number of hydrogen-bond acceptors (Lipinski definition) is 5. The van der Waals surface area contributed by atoms with Gasteiger partial charge in [0.1, 0.15) is 13.2 Å². The third-order valence-electron chi connectivity index (χ3n) is 3.16. The highest BCUT2D eigenvalue weighted by molar-refractivity contribution is 5.00. The topological polar surface area (TPSA) is 60.2 Å². The Morgan fingerprint density at radius 1 is 1.45 bits per heavy atom. The number of aromatic nitrogens is 2. The lowest BCUT2D eigenvalue weighted by Crippen LogP contribution is -2.32. The maximum atomic E-state index is 12.6. The monoisotopic (exact) mass is 297 g/mol. The summed E-state index contributed by atoms with van der Waals surface area (Å²) in [5, 5.41) is 6.75. The first kappa shape index (κ1) is 15.2. The van der Waals surface area contributed by atoms with Crippen LogP contribution < -0.4 is 5.32 Å². The molecule has 2 atom stereocenters. The van der Waals surface area contributed by atoms with Gasteiger partial charge in [0.15, 0.2) is 5.82 Å². The van der Waals surface area contributed by atoms with Crippen molar-refractivity contribution in [3.05, 3.63) is 11.7 Å². The molecule has 1 aromatic heterocycles. The maximum absolute atomic E-state index is 12.6. The second kappa shape index (κ2) is 6.04. The number of nitrogens with one attached hydrogen (secondary N) is 1. The fourth-order valence-electron chi connectivity index (χ4n) is 1.96. The fourth-order valence-corrected chi connectivity index (χ4v) is 1.96. The standard InChI is InChI=1S/C11H15F4N3O2/c1-6-2-16-3-7(6)9-17-8(18-20-9)4-19-5-11(14,15)10(12)13/h6-7,10,16H,2-5H2,1H3. The Hall–Kier alpha value is -1.22. The highest BCUT2D eigenvalue weighted by Crippen LogP contribution is 2.26. The van der Waals surface area contributed by atoms with Crippen molar-refractivity contribution in [1.82, 2.24) is 15.5 Å². The van der Waals surface area contributed by atoms with E-state index in [0.717, 1.165) is 6.54 Å². The molecule has 1 N–H and O–H groups in total. The van der Waals surface area contributed by atoms with Crippen LogP contribution in [0.3, 0.4) is 0 Å². The van der Waals surface area contributed by atoms with E-state index in [1.54, 1.807) is 0 Å². The molecule has 1 fully saturated rings. The number of rotatable bonds is 6. The molecule has 0 saturated carbocycles. The molecule has 0 aromatic carbocycles. The van der Waals surface area contributed by atoms with Crippen molar-refractivity contribution >= 4 is 0 Å². The fraction of sp³-hybridized carbons (Fsp3) is 0.818. The minimum atomic E-state index is -4.17. The van der Waals surface area contributed by atoms with E-state index in [2.05, 4.69) is 20.2 Å². The minimum Gasteiger partial charge on any atom is -0.367 e. The Balaban J connectivity index is 1.84. The quantitative estimate of drug-likeness (QED) is 0.811. The predicted octanol–water partition coefficient (Wildman–Crippen LogP) is 1.81. The number of hydrogen-bond donors (Lipinski definition) is 1. The number of alkyl halides is 4. The molecule has 1 saturated heterocycles. The molecule has 2 unspecified atom stereocenters. The highest BCUT2D eigenvalue weighted by Gasteiger charge is 2.41. The molecule has 0 aliphatic carbocycles. The van der Waals surface area contributed by atoms with Crippen LogP contribution in [0.4, 0.5) is 17.6 Å². The average Bonchev–Trinajstić information content (AvgIpc) is 2.97. The van der Waals surface area contributed by atoms with Crippen LogP contribution in [0.15, 0.2) is 4.52 Å². The van der Waals surface area contributed by atoms with Gasteiger partial charge in [-0.05, 0) is 12.5 Å². The molecule has 2 rings (SSSR count). The molecule has 114 valence electrons. The van der Waals surface area contributed by atoms with Crippen molar-refractivity contribution < 1.29 is 26.8 Å². The first-order chi connectivity index (χ1) is 9.40. The van der Waals surface area contributed by atoms with Gasteiger partial charge >= 0.3 is 12.3 Å². The van der Waals surface area contributed by atoms with E-state index in [4.69, 9.17) is 4.52 Å². The number of halogens is 4. The molecule has 5 nitrogen and oxygen atoms in total. The molecule has 1 aromatic rings. The van der Waals surface area contributed by atoms with Gasteiger partial charge in [-0.15, -0.1) is 0 Å². The van der Waals surface area contributed by atoms with Gasteiger partial charge in [-0.2, -0.15) is 13.8 Å². The summed E-state index contributed by atoms with van der Waals surface area (Å²) in [6.45, 7) is 1.79. The van der Waals surface area contributed by atoms with Crippen LogP contribution in [-0.2, 0) is 11.3 Å². The van der Waals surface area contributed by atoms with Crippen LogP contribution in [0, 0.1) is 5.92 Å². The van der Waals surface area contributed by atoms with Crippen molar-refractivity contribution in [2.75, 3.05) is 19.7 Å². The molecule has 20 heavy (non-hydrogen) atoms. The zero-order chi connectivity index (χ0) is 14.8. The molecular formula is C11H15F4N3O2. The van der Waals surface area contributed by atoms with Crippen molar-refractivity contribution in [2.45, 2.75) is 31.8 Å². The summed E-state index contributed by atoms with van der Waals surface area (Å²) in [7, 11) is 0. The Morgan fingerprint density at radius 2 is 2.20 bits per heavy atom. The van der Waals surface area contributed by atoms with E-state index >= 15 is 0 Å². The minimum absolute atomic E-state index is 0.0683. The summed E-state index contributed by atoms with van der Waals surface area (Å²) >= 11 is 0. The van der Waals surface area contributed by atoms with E-state index in [0.29, 0.717) is 18.4 Å². The summed E-state index contributed by atoms with van der Waals surface area (Å²) < 4.78 is 58.6. The molecule has 2 heterocycles. The zero-order valence-electron chi connectivity index (χ0n) is 10.8. The Labute approximate surface area is 112 Å². The van der Waals surface area contributed by atoms with Crippen molar-refractivity contribution in [2.24, 2.45) is 5.92 Å². The van der Waals surface area contributed by atoms with E-state index in [1.807, 2.05) is 6.92 Å². The van der Waals surface area contributed by atoms with Gasteiger partial charge < -0.3 is 14.6 Å². The second-order valence-corrected chi connectivity index (χ2v) is 4.85. The summed E-state index contributed by atoms with van der Waals surface area (Å²) in [5.74, 6) is -3.30. The first-order valence-corrected chi connectivity index (χ1v) is 6.17. The van der Waals surface area contributed by atoms with Crippen molar-refractivity contribution in [1.29, 1.82) is 0 Å². The summed E-state index contributed by atoms with van der Waals surface area (Å²) in [4.78, 5) is 4.03. The van der Waals surface area contributed by atoms with Gasteiger partial charge in [0.05, 0.1) is 5.92 Å².